The van der Waals surface area contributed by atoms with E-state index >= 15 is 0 Å². The second kappa shape index (κ2) is 12.9. The van der Waals surface area contributed by atoms with Gasteiger partial charge in [0.15, 0.2) is 0 Å². The molecule has 0 aliphatic rings. The van der Waals surface area contributed by atoms with Crippen LogP contribution in [0.25, 0.3) is 0 Å². The van der Waals surface area contributed by atoms with Gasteiger partial charge in [-0.2, -0.15) is 0 Å². The Kier molecular flexibility index (Phi) is 12.8. The Hall–Kier alpha value is -0.120. The topological polar surface area (TPSA) is 30.5 Å². The Morgan fingerprint density at radius 2 is 1.36 bits per heavy atom. The third kappa shape index (κ3) is 11.9. The van der Waals surface area contributed by atoms with Crippen LogP contribution < -0.4 is 5.32 Å². The maximum atomic E-state index is 4.99. The predicted molar refractivity (Wildman–Crippen MR) is 59.7 cm³/mol. The van der Waals surface area contributed by atoms with Crippen molar-refractivity contribution >= 4 is 0 Å². The van der Waals surface area contributed by atoms with Gasteiger partial charge in [-0.25, -0.2) is 0 Å². The second-order valence-corrected chi connectivity index (χ2v) is 3.50. The molecule has 0 saturated heterocycles. The lowest BCUT2D eigenvalue weighted by molar-refractivity contribution is 0.191. The van der Waals surface area contributed by atoms with Crippen molar-refractivity contribution in [1.82, 2.24) is 5.32 Å². The standard InChI is InChI=1S/C11H25NO2/c1-13-10-7-5-3-4-6-8-12-9-11-14-2/h12H,3-11H2,1-2H3. The Morgan fingerprint density at radius 1 is 0.714 bits per heavy atom. The zero-order valence-electron chi connectivity index (χ0n) is 9.68. The molecule has 0 aliphatic carbocycles. The van der Waals surface area contributed by atoms with E-state index < -0.39 is 0 Å². The molecule has 3 nitrogen and oxygen atoms in total. The SMILES string of the molecule is COCCCCCCCNCCOC. The van der Waals surface area contributed by atoms with E-state index in [4.69, 9.17) is 9.47 Å². The van der Waals surface area contributed by atoms with Crippen molar-refractivity contribution in [3.63, 3.8) is 0 Å². The van der Waals surface area contributed by atoms with Crippen LogP contribution in [0.1, 0.15) is 32.1 Å². The van der Waals surface area contributed by atoms with Crippen LogP contribution in [0, 0.1) is 0 Å². The van der Waals surface area contributed by atoms with Crippen molar-refractivity contribution in [2.24, 2.45) is 0 Å². The van der Waals surface area contributed by atoms with Crippen molar-refractivity contribution in [1.29, 1.82) is 0 Å². The molecule has 0 fully saturated rings. The number of hydrogen-bond donors (Lipinski definition) is 1. The molecule has 0 spiro atoms. The number of ether oxygens (including phenoxy) is 2. The summed E-state index contributed by atoms with van der Waals surface area (Å²) >= 11 is 0. The van der Waals surface area contributed by atoms with Crippen LogP contribution in [0.15, 0.2) is 0 Å². The van der Waals surface area contributed by atoms with Crippen molar-refractivity contribution < 1.29 is 9.47 Å². The molecule has 0 atom stereocenters. The number of nitrogens with one attached hydrogen (secondary N) is 1. The summed E-state index contributed by atoms with van der Waals surface area (Å²) in [5.74, 6) is 0. The molecule has 14 heavy (non-hydrogen) atoms. The Bertz CT molecular complexity index is 87.3. The molecule has 0 unspecified atom stereocenters. The van der Waals surface area contributed by atoms with E-state index in [0.29, 0.717) is 0 Å². The predicted octanol–water partition coefficient (Wildman–Crippen LogP) is 1.82. The van der Waals surface area contributed by atoms with Gasteiger partial charge in [0.2, 0.25) is 0 Å². The van der Waals surface area contributed by atoms with E-state index in [-0.39, 0.29) is 0 Å². The van der Waals surface area contributed by atoms with Crippen molar-refractivity contribution in [3.8, 4) is 0 Å². The first-order valence-corrected chi connectivity index (χ1v) is 5.60. The number of hydrogen-bond acceptors (Lipinski definition) is 3. The lowest BCUT2D eigenvalue weighted by Gasteiger charge is -2.03. The highest BCUT2D eigenvalue weighted by atomic mass is 16.5. The first kappa shape index (κ1) is 13.9. The molecule has 0 bridgehead atoms. The first-order chi connectivity index (χ1) is 6.91. The number of rotatable bonds is 11. The average molecular weight is 203 g/mol. The third-order valence-corrected chi connectivity index (χ3v) is 2.18. The molecule has 0 heterocycles. The number of unbranched alkanes of at least 4 members (excludes halogenated alkanes) is 4. The van der Waals surface area contributed by atoms with E-state index in [0.717, 1.165) is 26.3 Å². The van der Waals surface area contributed by atoms with Gasteiger partial charge >= 0.3 is 0 Å². The van der Waals surface area contributed by atoms with Crippen LogP contribution in [0.3, 0.4) is 0 Å². The van der Waals surface area contributed by atoms with Crippen LogP contribution in [0.5, 0.6) is 0 Å². The highest BCUT2D eigenvalue weighted by Crippen LogP contribution is 2.01. The first-order valence-electron chi connectivity index (χ1n) is 5.60. The molecular weight excluding hydrogens is 178 g/mol. The fourth-order valence-corrected chi connectivity index (χ4v) is 1.33. The quantitative estimate of drug-likeness (QED) is 0.520. The van der Waals surface area contributed by atoms with Crippen molar-refractivity contribution in [2.45, 2.75) is 32.1 Å². The monoisotopic (exact) mass is 203 g/mol. The Balaban J connectivity index is 2.78. The lowest BCUT2D eigenvalue weighted by Crippen LogP contribution is -2.20. The van der Waals surface area contributed by atoms with E-state index in [1.54, 1.807) is 14.2 Å². The average Bonchev–Trinajstić information content (AvgIpc) is 2.21. The van der Waals surface area contributed by atoms with Gasteiger partial charge in [0, 0.05) is 27.4 Å². The molecular formula is C11H25NO2. The minimum absolute atomic E-state index is 0.813. The van der Waals surface area contributed by atoms with Gasteiger partial charge in [-0.3, -0.25) is 0 Å². The highest BCUT2D eigenvalue weighted by Gasteiger charge is 1.90. The molecule has 1 N–H and O–H groups in total. The largest absolute Gasteiger partial charge is 0.385 e. The molecule has 0 aromatic rings. The van der Waals surface area contributed by atoms with E-state index in [9.17, 15) is 0 Å². The van der Waals surface area contributed by atoms with Crippen LogP contribution in [-0.2, 0) is 9.47 Å². The summed E-state index contributed by atoms with van der Waals surface area (Å²) in [7, 11) is 3.50. The van der Waals surface area contributed by atoms with E-state index in [2.05, 4.69) is 5.32 Å². The maximum absolute atomic E-state index is 4.99. The van der Waals surface area contributed by atoms with Gasteiger partial charge in [0.1, 0.15) is 0 Å². The fraction of sp³-hybridized carbons (Fsp3) is 1.00. The summed E-state index contributed by atoms with van der Waals surface area (Å²) in [6.45, 7) is 3.81. The Morgan fingerprint density at radius 3 is 2.07 bits per heavy atom. The third-order valence-electron chi connectivity index (χ3n) is 2.18. The summed E-state index contributed by atoms with van der Waals surface area (Å²) in [5, 5.41) is 3.34. The summed E-state index contributed by atoms with van der Waals surface area (Å²) in [6, 6.07) is 0. The lowest BCUT2D eigenvalue weighted by atomic mass is 10.1. The van der Waals surface area contributed by atoms with Gasteiger partial charge < -0.3 is 14.8 Å². The molecule has 0 radical (unpaired) electrons. The molecule has 0 amide bonds. The highest BCUT2D eigenvalue weighted by molar-refractivity contribution is 4.48. The smallest absolute Gasteiger partial charge is 0.0587 e. The van der Waals surface area contributed by atoms with E-state index in [1.165, 1.54) is 32.1 Å². The van der Waals surface area contributed by atoms with Gasteiger partial charge in [-0.05, 0) is 19.4 Å². The van der Waals surface area contributed by atoms with Gasteiger partial charge in [0.05, 0.1) is 6.61 Å². The van der Waals surface area contributed by atoms with Crippen LogP contribution in [0.2, 0.25) is 0 Å². The van der Waals surface area contributed by atoms with Crippen molar-refractivity contribution in [2.75, 3.05) is 40.5 Å². The molecule has 0 rings (SSSR count). The summed E-state index contributed by atoms with van der Waals surface area (Å²) in [5.41, 5.74) is 0. The fourth-order valence-electron chi connectivity index (χ4n) is 1.33. The van der Waals surface area contributed by atoms with Gasteiger partial charge in [-0.15, -0.1) is 0 Å². The maximum Gasteiger partial charge on any atom is 0.0587 e. The molecule has 3 heteroatoms. The van der Waals surface area contributed by atoms with Crippen molar-refractivity contribution in [3.05, 3.63) is 0 Å². The van der Waals surface area contributed by atoms with Gasteiger partial charge in [0.25, 0.3) is 0 Å². The van der Waals surface area contributed by atoms with Gasteiger partial charge in [-0.1, -0.05) is 19.3 Å². The Labute approximate surface area is 88.2 Å². The molecule has 86 valence electrons. The zero-order valence-corrected chi connectivity index (χ0v) is 9.68. The molecule has 0 aliphatic heterocycles. The van der Waals surface area contributed by atoms with Crippen LogP contribution >= 0.6 is 0 Å². The summed E-state index contributed by atoms with van der Waals surface area (Å²) < 4.78 is 9.93. The number of methoxy groups -OCH3 is 2. The summed E-state index contributed by atoms with van der Waals surface area (Å²) in [6.07, 6.45) is 6.43. The van der Waals surface area contributed by atoms with Crippen LogP contribution in [0.4, 0.5) is 0 Å². The minimum atomic E-state index is 0.813. The zero-order chi connectivity index (χ0) is 10.5. The second-order valence-electron chi connectivity index (χ2n) is 3.50. The van der Waals surface area contributed by atoms with E-state index in [1.807, 2.05) is 0 Å². The molecule has 0 saturated carbocycles. The molecule has 0 aromatic carbocycles. The minimum Gasteiger partial charge on any atom is -0.385 e. The van der Waals surface area contributed by atoms with Crippen LogP contribution in [-0.4, -0.2) is 40.5 Å². The summed E-state index contributed by atoms with van der Waals surface area (Å²) in [4.78, 5) is 0. The normalized spacial score (nSPS) is 10.7. The molecule has 0 aromatic heterocycles.